The van der Waals surface area contributed by atoms with Crippen LogP contribution in [0.3, 0.4) is 0 Å². The Hall–Kier alpha value is -1.59. The second-order valence-electron chi connectivity index (χ2n) is 5.87. The van der Waals surface area contributed by atoms with Crippen LogP contribution in [0, 0.1) is 0 Å². The zero-order chi connectivity index (χ0) is 15.8. The minimum Gasteiger partial charge on any atom is -0.352 e. The number of nitrogens with zero attached hydrogens (tertiary/aromatic N) is 1. The van der Waals surface area contributed by atoms with E-state index in [9.17, 15) is 9.59 Å². The molecule has 6 heteroatoms. The molecule has 1 fully saturated rings. The van der Waals surface area contributed by atoms with Crippen molar-refractivity contribution in [3.63, 3.8) is 0 Å². The number of ketones is 1. The molecule has 1 aromatic carbocycles. The molecule has 0 saturated carbocycles. The first-order chi connectivity index (χ1) is 10.6. The van der Waals surface area contributed by atoms with Crippen LogP contribution >= 0.6 is 12.4 Å². The fourth-order valence-corrected chi connectivity index (χ4v) is 2.89. The number of unbranched alkanes of at least 4 members (excludes halogenated alkanes) is 1. The van der Waals surface area contributed by atoms with Gasteiger partial charge in [-0.1, -0.05) is 30.3 Å². The number of amides is 2. The lowest BCUT2D eigenvalue weighted by Crippen LogP contribution is -2.46. The third kappa shape index (κ3) is 7.01. The minimum atomic E-state index is -0.433. The number of hydrogen-bond acceptors (Lipinski definition) is 3. The average molecular weight is 340 g/mol. The largest absolute Gasteiger partial charge is 0.352 e. The van der Waals surface area contributed by atoms with Crippen LogP contribution in [0.1, 0.15) is 42.5 Å². The Labute approximate surface area is 144 Å². The van der Waals surface area contributed by atoms with E-state index in [0.29, 0.717) is 6.42 Å². The van der Waals surface area contributed by atoms with Crippen LogP contribution in [0.15, 0.2) is 30.3 Å². The molecule has 0 aromatic heterocycles. The molecule has 0 unspecified atom stereocenters. The van der Waals surface area contributed by atoms with E-state index in [0.717, 1.165) is 50.9 Å². The summed E-state index contributed by atoms with van der Waals surface area (Å²) < 4.78 is 0. The Balaban J connectivity index is 0.00000264. The number of hydrogen-bond donors (Lipinski definition) is 2. The number of piperidine rings is 1. The molecule has 0 aliphatic carbocycles. The van der Waals surface area contributed by atoms with Gasteiger partial charge in [-0.3, -0.25) is 4.79 Å². The molecule has 128 valence electrons. The summed E-state index contributed by atoms with van der Waals surface area (Å²) in [5.41, 5.74) is 5.94. The van der Waals surface area contributed by atoms with Gasteiger partial charge < -0.3 is 16.0 Å². The molecule has 5 nitrogen and oxygen atoms in total. The Morgan fingerprint density at radius 3 is 2.39 bits per heavy atom. The lowest BCUT2D eigenvalue weighted by molar-refractivity contribution is 0.0977. The normalized spacial score (nSPS) is 15.7. The zero-order valence-corrected chi connectivity index (χ0v) is 14.2. The van der Waals surface area contributed by atoms with Crippen LogP contribution in [0.5, 0.6) is 0 Å². The van der Waals surface area contributed by atoms with E-state index in [1.165, 1.54) is 0 Å². The molecular formula is C17H26ClN3O2. The van der Waals surface area contributed by atoms with Crippen LogP contribution in [0.4, 0.5) is 4.79 Å². The van der Waals surface area contributed by atoms with Gasteiger partial charge in [-0.15, -0.1) is 12.4 Å². The summed E-state index contributed by atoms with van der Waals surface area (Å²) in [6.45, 7) is 2.99. The molecule has 2 amide bonds. The fourth-order valence-electron chi connectivity index (χ4n) is 2.89. The van der Waals surface area contributed by atoms with Gasteiger partial charge in [-0.2, -0.15) is 0 Å². The first-order valence-corrected chi connectivity index (χ1v) is 8.02. The smallest absolute Gasteiger partial charge is 0.312 e. The molecule has 2 rings (SSSR count). The highest BCUT2D eigenvalue weighted by Gasteiger charge is 2.19. The van der Waals surface area contributed by atoms with Crippen molar-refractivity contribution in [1.82, 2.24) is 10.2 Å². The quantitative estimate of drug-likeness (QED) is 0.592. The molecule has 23 heavy (non-hydrogen) atoms. The monoisotopic (exact) mass is 339 g/mol. The van der Waals surface area contributed by atoms with Gasteiger partial charge in [-0.25, -0.2) is 4.79 Å². The van der Waals surface area contributed by atoms with Gasteiger partial charge in [0.05, 0.1) is 0 Å². The first kappa shape index (κ1) is 19.5. The molecule has 0 atom stereocenters. The number of benzene rings is 1. The number of Topliss-reactive ketones (excluding diaryl/α,β-unsaturated/α-hetero) is 1. The van der Waals surface area contributed by atoms with E-state index in [-0.39, 0.29) is 24.2 Å². The summed E-state index contributed by atoms with van der Waals surface area (Å²) in [4.78, 5) is 25.2. The van der Waals surface area contributed by atoms with E-state index in [2.05, 4.69) is 10.2 Å². The van der Waals surface area contributed by atoms with Crippen LogP contribution < -0.4 is 11.1 Å². The minimum absolute atomic E-state index is 0. The first-order valence-electron chi connectivity index (χ1n) is 8.02. The highest BCUT2D eigenvalue weighted by atomic mass is 35.5. The SMILES string of the molecule is Cl.NC(=O)NC1CCN(CCCCC(=O)c2ccccc2)CC1. The third-order valence-corrected chi connectivity index (χ3v) is 4.16. The Kier molecular flexibility index (Phi) is 8.66. The third-order valence-electron chi connectivity index (χ3n) is 4.16. The number of carbonyl (C=O) groups is 2. The van der Waals surface area contributed by atoms with Gasteiger partial charge in [0.2, 0.25) is 0 Å². The fraction of sp³-hybridized carbons (Fsp3) is 0.529. The van der Waals surface area contributed by atoms with E-state index < -0.39 is 6.03 Å². The summed E-state index contributed by atoms with van der Waals surface area (Å²) >= 11 is 0. The zero-order valence-electron chi connectivity index (χ0n) is 13.4. The average Bonchev–Trinajstić information content (AvgIpc) is 2.53. The van der Waals surface area contributed by atoms with E-state index >= 15 is 0 Å². The Morgan fingerprint density at radius 1 is 1.13 bits per heavy atom. The molecular weight excluding hydrogens is 314 g/mol. The van der Waals surface area contributed by atoms with Crippen molar-refractivity contribution in [1.29, 1.82) is 0 Å². The molecule has 0 bridgehead atoms. The molecule has 0 radical (unpaired) electrons. The van der Waals surface area contributed by atoms with Crippen LogP contribution in [-0.4, -0.2) is 42.4 Å². The molecule has 1 aliphatic heterocycles. The van der Waals surface area contributed by atoms with Crippen LogP contribution in [0.25, 0.3) is 0 Å². The molecule has 0 spiro atoms. The van der Waals surface area contributed by atoms with Crippen molar-refractivity contribution < 1.29 is 9.59 Å². The van der Waals surface area contributed by atoms with Crippen molar-refractivity contribution in [2.24, 2.45) is 5.73 Å². The van der Waals surface area contributed by atoms with Crippen molar-refractivity contribution in [2.75, 3.05) is 19.6 Å². The number of primary amides is 1. The standard InChI is InChI=1S/C17H25N3O2.ClH/c18-17(22)19-15-9-12-20(13-10-15)11-5-4-8-16(21)14-6-2-1-3-7-14;/h1-3,6-7,15H,4-5,8-13H2,(H3,18,19,22);1H. The van der Waals surface area contributed by atoms with Crippen LogP contribution in [-0.2, 0) is 0 Å². The maximum absolute atomic E-state index is 12.0. The van der Waals surface area contributed by atoms with E-state index in [4.69, 9.17) is 5.73 Å². The van der Waals surface area contributed by atoms with Gasteiger partial charge in [0.15, 0.2) is 5.78 Å². The molecule has 1 aliphatic rings. The topological polar surface area (TPSA) is 75.4 Å². The van der Waals surface area contributed by atoms with Gasteiger partial charge in [0, 0.05) is 31.1 Å². The van der Waals surface area contributed by atoms with Crippen molar-refractivity contribution in [3.05, 3.63) is 35.9 Å². The van der Waals surface area contributed by atoms with Gasteiger partial charge in [-0.05, 0) is 32.2 Å². The predicted molar refractivity (Wildman–Crippen MR) is 94.1 cm³/mol. The summed E-state index contributed by atoms with van der Waals surface area (Å²) in [6.07, 6.45) is 4.47. The number of likely N-dealkylation sites (tertiary alicyclic amines) is 1. The van der Waals surface area contributed by atoms with Gasteiger partial charge in [0.1, 0.15) is 0 Å². The highest BCUT2D eigenvalue weighted by molar-refractivity contribution is 5.95. The highest BCUT2D eigenvalue weighted by Crippen LogP contribution is 2.12. The molecule has 1 aromatic rings. The number of urea groups is 1. The van der Waals surface area contributed by atoms with E-state index in [1.807, 2.05) is 30.3 Å². The Morgan fingerprint density at radius 2 is 1.78 bits per heavy atom. The van der Waals surface area contributed by atoms with Gasteiger partial charge in [0.25, 0.3) is 0 Å². The van der Waals surface area contributed by atoms with E-state index in [1.54, 1.807) is 0 Å². The number of nitrogens with one attached hydrogen (secondary N) is 1. The summed E-state index contributed by atoms with van der Waals surface area (Å²) in [7, 11) is 0. The predicted octanol–water partition coefficient (Wildman–Crippen LogP) is 2.59. The van der Waals surface area contributed by atoms with Crippen LogP contribution in [0.2, 0.25) is 0 Å². The number of halogens is 1. The van der Waals surface area contributed by atoms with Crippen molar-refractivity contribution >= 4 is 24.2 Å². The molecule has 1 saturated heterocycles. The number of nitrogens with two attached hydrogens (primary N) is 1. The molecule has 1 heterocycles. The lowest BCUT2D eigenvalue weighted by Gasteiger charge is -2.31. The summed E-state index contributed by atoms with van der Waals surface area (Å²) in [5.74, 6) is 0.227. The maximum atomic E-state index is 12.0. The lowest BCUT2D eigenvalue weighted by atomic mass is 10.0. The number of rotatable bonds is 7. The molecule has 3 N–H and O–H groups in total. The number of carbonyl (C=O) groups excluding carboxylic acids is 2. The van der Waals surface area contributed by atoms with Crippen molar-refractivity contribution in [3.8, 4) is 0 Å². The second kappa shape index (κ2) is 10.2. The summed E-state index contributed by atoms with van der Waals surface area (Å²) in [5, 5.41) is 2.77. The Bertz CT molecular complexity index is 488. The van der Waals surface area contributed by atoms with Gasteiger partial charge >= 0.3 is 6.03 Å². The second-order valence-corrected chi connectivity index (χ2v) is 5.87. The maximum Gasteiger partial charge on any atom is 0.312 e. The van der Waals surface area contributed by atoms with Crippen molar-refractivity contribution in [2.45, 2.75) is 38.1 Å². The summed E-state index contributed by atoms with van der Waals surface area (Å²) in [6, 6.07) is 9.26.